The topological polar surface area (TPSA) is 71.1 Å². The van der Waals surface area contributed by atoms with Crippen molar-refractivity contribution in [3.8, 4) is 17.2 Å². The minimum absolute atomic E-state index is 0. The fourth-order valence-electron chi connectivity index (χ4n) is 4.30. The van der Waals surface area contributed by atoms with Gasteiger partial charge in [-0.15, -0.1) is 0 Å². The fraction of sp³-hybridized carbons (Fsp3) is 0.333. The van der Waals surface area contributed by atoms with E-state index < -0.39 is 0 Å². The third kappa shape index (κ3) is 5.03. The number of methoxy groups -OCH3 is 2. The number of nitrogens with zero attached hydrogens (tertiary/aromatic N) is 1. The molecule has 0 fully saturated rings. The maximum absolute atomic E-state index is 13.3. The van der Waals surface area contributed by atoms with E-state index in [0.29, 0.717) is 51.8 Å². The molecule has 176 valence electrons. The lowest BCUT2D eigenvalue weighted by molar-refractivity contribution is -0.917. The van der Waals surface area contributed by atoms with Crippen molar-refractivity contribution in [1.29, 1.82) is 0 Å². The van der Waals surface area contributed by atoms with Crippen molar-refractivity contribution < 1.29 is 50.0 Å². The summed E-state index contributed by atoms with van der Waals surface area (Å²) in [7, 11) is 4.94. The number of allylic oxidation sites excluding steroid dienone is 1. The molecule has 0 spiro atoms. The molecule has 0 aliphatic carbocycles. The summed E-state index contributed by atoms with van der Waals surface area (Å²) in [5, 5.41) is 0.634. The molecule has 0 radical (unpaired) electrons. The first-order chi connectivity index (χ1) is 15.3. The standard InChI is InChI=1S/C24H25ClNO6.BrH/c1-26(13-20(28)29-2)11-10-17-18(12-26)22(30-3)24-23(31-14-32-24)21(17)19(27)9-6-15-4-7-16(25)8-5-15;/h4-9H,10-14H2,1-3H3;1H/q+1;/p-1/b9-6+;. The number of carbonyl (C=O) groups is 2. The lowest BCUT2D eigenvalue weighted by atomic mass is 9.89. The predicted molar refractivity (Wildman–Crippen MR) is 119 cm³/mol. The molecule has 7 nitrogen and oxygen atoms in total. The van der Waals surface area contributed by atoms with Crippen LogP contribution in [0.25, 0.3) is 6.08 Å². The molecule has 0 N–H and O–H groups in total. The highest BCUT2D eigenvalue weighted by molar-refractivity contribution is 6.30. The maximum Gasteiger partial charge on any atom is 0.361 e. The summed E-state index contributed by atoms with van der Waals surface area (Å²) in [5.41, 5.74) is 3.08. The highest BCUT2D eigenvalue weighted by Crippen LogP contribution is 2.50. The Morgan fingerprint density at radius 3 is 2.48 bits per heavy atom. The van der Waals surface area contributed by atoms with Gasteiger partial charge in [0.15, 0.2) is 23.8 Å². The third-order valence-corrected chi connectivity index (χ3v) is 6.17. The van der Waals surface area contributed by atoms with Crippen molar-refractivity contribution in [1.82, 2.24) is 0 Å². The van der Waals surface area contributed by atoms with Crippen LogP contribution in [0, 0.1) is 0 Å². The summed E-state index contributed by atoms with van der Waals surface area (Å²) < 4.78 is 22.4. The van der Waals surface area contributed by atoms with E-state index in [2.05, 4.69) is 0 Å². The Kier molecular flexibility index (Phi) is 7.72. The number of likely N-dealkylation sites (N-methyl/N-ethyl adjacent to an activating group) is 1. The summed E-state index contributed by atoms with van der Waals surface area (Å²) in [6.45, 7) is 1.43. The highest BCUT2D eigenvalue weighted by Gasteiger charge is 2.40. The smallest absolute Gasteiger partial charge is 0.361 e. The van der Waals surface area contributed by atoms with Crippen molar-refractivity contribution in [3.05, 3.63) is 57.6 Å². The third-order valence-electron chi connectivity index (χ3n) is 5.91. The van der Waals surface area contributed by atoms with Gasteiger partial charge in [0.05, 0.1) is 38.9 Å². The van der Waals surface area contributed by atoms with Crippen molar-refractivity contribution in [2.75, 3.05) is 41.1 Å². The van der Waals surface area contributed by atoms with Crippen LogP contribution in [0.4, 0.5) is 0 Å². The number of ketones is 1. The molecule has 0 amide bonds. The van der Waals surface area contributed by atoms with Crippen LogP contribution in [-0.2, 0) is 22.5 Å². The number of quaternary nitrogens is 1. The first-order valence-corrected chi connectivity index (χ1v) is 10.6. The van der Waals surface area contributed by atoms with Gasteiger partial charge >= 0.3 is 5.97 Å². The van der Waals surface area contributed by atoms with Gasteiger partial charge in [-0.3, -0.25) is 4.79 Å². The molecule has 0 saturated heterocycles. The normalized spacial score (nSPS) is 18.4. The average molecular weight is 539 g/mol. The van der Waals surface area contributed by atoms with Crippen molar-refractivity contribution >= 4 is 29.4 Å². The van der Waals surface area contributed by atoms with Gasteiger partial charge in [-0.1, -0.05) is 29.8 Å². The lowest BCUT2D eigenvalue weighted by Crippen LogP contribution is -3.00. The number of rotatable bonds is 6. The quantitative estimate of drug-likeness (QED) is 0.233. The minimum Gasteiger partial charge on any atom is -1.00 e. The van der Waals surface area contributed by atoms with E-state index >= 15 is 0 Å². The molecule has 2 aromatic carbocycles. The number of carbonyl (C=O) groups excluding carboxylic acids is 2. The lowest BCUT2D eigenvalue weighted by Gasteiger charge is -2.38. The van der Waals surface area contributed by atoms with Crippen LogP contribution in [0.5, 0.6) is 17.2 Å². The highest BCUT2D eigenvalue weighted by atomic mass is 79.9. The Bertz CT molecular complexity index is 1100. The zero-order valence-electron chi connectivity index (χ0n) is 18.7. The van der Waals surface area contributed by atoms with Crippen LogP contribution in [0.2, 0.25) is 5.02 Å². The summed E-state index contributed by atoms with van der Waals surface area (Å²) in [6, 6.07) is 7.23. The zero-order chi connectivity index (χ0) is 22.9. The van der Waals surface area contributed by atoms with Gasteiger partial charge < -0.3 is 40.4 Å². The summed E-state index contributed by atoms with van der Waals surface area (Å²) in [5.74, 6) is 0.943. The van der Waals surface area contributed by atoms with Crippen LogP contribution in [0.3, 0.4) is 0 Å². The van der Waals surface area contributed by atoms with E-state index in [4.69, 9.17) is 30.5 Å². The van der Waals surface area contributed by atoms with E-state index in [1.165, 1.54) is 13.2 Å². The molecule has 2 aromatic rings. The summed E-state index contributed by atoms with van der Waals surface area (Å²) in [4.78, 5) is 25.3. The van der Waals surface area contributed by atoms with Crippen LogP contribution < -0.4 is 31.2 Å². The number of halogens is 2. The maximum atomic E-state index is 13.3. The molecule has 4 rings (SSSR count). The molecule has 0 saturated carbocycles. The average Bonchev–Trinajstić information content (AvgIpc) is 3.25. The second-order valence-corrected chi connectivity index (χ2v) is 8.60. The first-order valence-electron chi connectivity index (χ1n) is 10.2. The Morgan fingerprint density at radius 1 is 1.12 bits per heavy atom. The molecule has 1 unspecified atom stereocenters. The Morgan fingerprint density at radius 2 is 1.82 bits per heavy atom. The number of fused-ring (bicyclic) bond motifs is 2. The Labute approximate surface area is 208 Å². The SMILES string of the molecule is COC(=O)C[N+]1(C)CCc2c(c(OC)c3c(c2C(=O)/C=C/c2ccc(Cl)cc2)OCO3)C1.[Br-]. The summed E-state index contributed by atoms with van der Waals surface area (Å²) in [6.07, 6.45) is 3.87. The van der Waals surface area contributed by atoms with E-state index in [-0.39, 0.29) is 42.1 Å². The summed E-state index contributed by atoms with van der Waals surface area (Å²) >= 11 is 5.94. The molecule has 2 heterocycles. The Hall–Kier alpha value is -2.55. The Balaban J connectivity index is 0.00000306. The van der Waals surface area contributed by atoms with E-state index in [1.54, 1.807) is 25.3 Å². The van der Waals surface area contributed by atoms with E-state index in [9.17, 15) is 9.59 Å². The molecular formula is C24H25BrClNO6. The monoisotopic (exact) mass is 537 g/mol. The number of hydrogen-bond acceptors (Lipinski definition) is 6. The molecule has 0 aromatic heterocycles. The molecular weight excluding hydrogens is 514 g/mol. The molecule has 1 atom stereocenters. The molecule has 0 bridgehead atoms. The molecule has 9 heteroatoms. The van der Waals surface area contributed by atoms with Gasteiger partial charge in [0, 0.05) is 11.4 Å². The molecule has 33 heavy (non-hydrogen) atoms. The number of ether oxygens (including phenoxy) is 4. The molecule has 2 aliphatic rings. The second kappa shape index (κ2) is 10.2. The van der Waals surface area contributed by atoms with Gasteiger partial charge in [-0.05, 0) is 29.3 Å². The number of hydrogen-bond donors (Lipinski definition) is 0. The first kappa shape index (κ1) is 25.1. The van der Waals surface area contributed by atoms with Gasteiger partial charge in [0.1, 0.15) is 6.54 Å². The zero-order valence-corrected chi connectivity index (χ0v) is 21.0. The second-order valence-electron chi connectivity index (χ2n) is 8.16. The van der Waals surface area contributed by atoms with Crippen molar-refractivity contribution in [3.63, 3.8) is 0 Å². The molecule has 2 aliphatic heterocycles. The van der Waals surface area contributed by atoms with E-state index in [0.717, 1.165) is 16.7 Å². The van der Waals surface area contributed by atoms with Crippen LogP contribution in [0.1, 0.15) is 27.0 Å². The van der Waals surface area contributed by atoms with E-state index in [1.807, 2.05) is 19.2 Å². The van der Waals surface area contributed by atoms with Gasteiger partial charge in [0.25, 0.3) is 0 Å². The van der Waals surface area contributed by atoms with Crippen LogP contribution >= 0.6 is 11.6 Å². The predicted octanol–water partition coefficient (Wildman–Crippen LogP) is 0.653. The number of esters is 1. The number of benzene rings is 2. The van der Waals surface area contributed by atoms with Crippen molar-refractivity contribution in [2.45, 2.75) is 13.0 Å². The van der Waals surface area contributed by atoms with Crippen LogP contribution in [-0.4, -0.2) is 57.4 Å². The van der Waals surface area contributed by atoms with Gasteiger partial charge in [-0.25, -0.2) is 4.79 Å². The minimum atomic E-state index is -0.280. The van der Waals surface area contributed by atoms with Gasteiger partial charge in [0.2, 0.25) is 12.5 Å². The fourth-order valence-corrected chi connectivity index (χ4v) is 4.42. The van der Waals surface area contributed by atoms with Crippen molar-refractivity contribution in [2.24, 2.45) is 0 Å². The van der Waals surface area contributed by atoms with Crippen LogP contribution in [0.15, 0.2) is 30.3 Å². The van der Waals surface area contributed by atoms with Gasteiger partial charge in [-0.2, -0.15) is 0 Å². The largest absolute Gasteiger partial charge is 1.00 e.